The van der Waals surface area contributed by atoms with E-state index in [9.17, 15) is 4.79 Å². The summed E-state index contributed by atoms with van der Waals surface area (Å²) >= 11 is 6.07. The number of guanidine groups is 1. The molecule has 1 unspecified atom stereocenters. The molecule has 0 saturated carbocycles. The standard InChI is InChI=1S/C22H27ClN4O.HI/c1-2-24-22(27-15-12-18(16-27)17-8-4-3-5-9-17)26-14-13-25-21(28)19-10-6-7-11-20(19)23;/h3-11,18H,2,12-16H2,1H3,(H,24,26)(H,25,28);1H. The summed E-state index contributed by atoms with van der Waals surface area (Å²) in [4.78, 5) is 19.2. The number of aliphatic imine (C=N–C) groups is 1. The summed E-state index contributed by atoms with van der Waals surface area (Å²) < 4.78 is 0. The molecular weight excluding hydrogens is 499 g/mol. The van der Waals surface area contributed by atoms with Gasteiger partial charge in [0.25, 0.3) is 5.91 Å². The molecule has 2 N–H and O–H groups in total. The summed E-state index contributed by atoms with van der Waals surface area (Å²) in [6.07, 6.45) is 1.12. The van der Waals surface area contributed by atoms with Gasteiger partial charge in [0, 0.05) is 32.1 Å². The van der Waals surface area contributed by atoms with Crippen LogP contribution in [-0.2, 0) is 0 Å². The average molecular weight is 527 g/mol. The number of amides is 1. The van der Waals surface area contributed by atoms with Gasteiger partial charge in [-0.05, 0) is 31.0 Å². The van der Waals surface area contributed by atoms with E-state index in [1.807, 2.05) is 6.07 Å². The Labute approximate surface area is 194 Å². The molecule has 0 spiro atoms. The van der Waals surface area contributed by atoms with Gasteiger partial charge in [-0.2, -0.15) is 0 Å². The zero-order chi connectivity index (χ0) is 19.8. The van der Waals surface area contributed by atoms with E-state index in [2.05, 4.69) is 52.8 Å². The lowest BCUT2D eigenvalue weighted by Crippen LogP contribution is -2.40. The molecule has 3 rings (SSSR count). The first kappa shape index (κ1) is 23.5. The van der Waals surface area contributed by atoms with Crippen molar-refractivity contribution in [2.24, 2.45) is 4.99 Å². The van der Waals surface area contributed by atoms with Crippen LogP contribution in [0, 0.1) is 0 Å². The van der Waals surface area contributed by atoms with E-state index in [0.29, 0.717) is 29.6 Å². The molecule has 7 heteroatoms. The van der Waals surface area contributed by atoms with Gasteiger partial charge in [-0.3, -0.25) is 9.79 Å². The third-order valence-corrected chi connectivity index (χ3v) is 5.20. The van der Waals surface area contributed by atoms with Crippen LogP contribution in [0.15, 0.2) is 59.6 Å². The molecule has 1 heterocycles. The lowest BCUT2D eigenvalue weighted by atomic mass is 9.99. The Bertz CT molecular complexity index is 815. The smallest absolute Gasteiger partial charge is 0.252 e. The topological polar surface area (TPSA) is 56.7 Å². The van der Waals surface area contributed by atoms with E-state index < -0.39 is 0 Å². The fourth-order valence-electron chi connectivity index (χ4n) is 3.45. The van der Waals surface area contributed by atoms with Crippen molar-refractivity contribution in [3.8, 4) is 0 Å². The van der Waals surface area contributed by atoms with Crippen molar-refractivity contribution in [3.05, 3.63) is 70.7 Å². The number of hydrogen-bond acceptors (Lipinski definition) is 2. The van der Waals surface area contributed by atoms with Crippen LogP contribution in [0.4, 0.5) is 0 Å². The van der Waals surface area contributed by atoms with Gasteiger partial charge < -0.3 is 15.5 Å². The van der Waals surface area contributed by atoms with E-state index in [4.69, 9.17) is 16.6 Å². The average Bonchev–Trinajstić information content (AvgIpc) is 3.21. The summed E-state index contributed by atoms with van der Waals surface area (Å²) in [6.45, 7) is 5.82. The van der Waals surface area contributed by atoms with Crippen LogP contribution >= 0.6 is 35.6 Å². The molecule has 0 aromatic heterocycles. The molecule has 1 atom stereocenters. The predicted molar refractivity (Wildman–Crippen MR) is 131 cm³/mol. The summed E-state index contributed by atoms with van der Waals surface area (Å²) in [7, 11) is 0. The Morgan fingerprint density at radius 3 is 2.59 bits per heavy atom. The number of carbonyl (C=O) groups excluding carboxylic acids is 1. The minimum absolute atomic E-state index is 0. The predicted octanol–water partition coefficient (Wildman–Crippen LogP) is 4.14. The molecule has 0 aliphatic carbocycles. The molecule has 2 aromatic rings. The van der Waals surface area contributed by atoms with Crippen LogP contribution in [0.25, 0.3) is 0 Å². The Morgan fingerprint density at radius 2 is 1.86 bits per heavy atom. The maximum absolute atomic E-state index is 12.2. The van der Waals surface area contributed by atoms with Crippen LogP contribution in [-0.4, -0.2) is 49.5 Å². The van der Waals surface area contributed by atoms with E-state index >= 15 is 0 Å². The van der Waals surface area contributed by atoms with Gasteiger partial charge in [-0.1, -0.05) is 54.1 Å². The second kappa shape index (κ2) is 12.0. The van der Waals surface area contributed by atoms with Crippen molar-refractivity contribution < 1.29 is 4.79 Å². The Balaban J connectivity index is 0.00000300. The quantitative estimate of drug-likeness (QED) is 0.257. The Kier molecular flexibility index (Phi) is 9.73. The number of carbonyl (C=O) groups is 1. The van der Waals surface area contributed by atoms with Crippen molar-refractivity contribution in [1.82, 2.24) is 15.5 Å². The van der Waals surface area contributed by atoms with Crippen LogP contribution in [0.1, 0.15) is 35.2 Å². The molecule has 156 valence electrons. The highest BCUT2D eigenvalue weighted by atomic mass is 127. The highest BCUT2D eigenvalue weighted by Crippen LogP contribution is 2.26. The first-order valence-electron chi connectivity index (χ1n) is 9.80. The minimum Gasteiger partial charge on any atom is -0.357 e. The number of nitrogens with one attached hydrogen (secondary N) is 2. The first-order valence-corrected chi connectivity index (χ1v) is 10.2. The van der Waals surface area contributed by atoms with Gasteiger partial charge in [-0.25, -0.2) is 0 Å². The molecule has 0 radical (unpaired) electrons. The van der Waals surface area contributed by atoms with Crippen LogP contribution < -0.4 is 10.6 Å². The van der Waals surface area contributed by atoms with Gasteiger partial charge in [-0.15, -0.1) is 24.0 Å². The maximum Gasteiger partial charge on any atom is 0.252 e. The van der Waals surface area contributed by atoms with Crippen molar-refractivity contribution >= 4 is 47.4 Å². The highest BCUT2D eigenvalue weighted by molar-refractivity contribution is 14.0. The zero-order valence-electron chi connectivity index (χ0n) is 16.6. The second-order valence-corrected chi connectivity index (χ2v) is 7.22. The van der Waals surface area contributed by atoms with Crippen molar-refractivity contribution in [3.63, 3.8) is 0 Å². The van der Waals surface area contributed by atoms with Crippen molar-refractivity contribution in [2.75, 3.05) is 32.7 Å². The van der Waals surface area contributed by atoms with Gasteiger partial charge in [0.1, 0.15) is 0 Å². The number of halogens is 2. The first-order chi connectivity index (χ1) is 13.7. The number of benzene rings is 2. The Hall–Kier alpha value is -1.80. The minimum atomic E-state index is -0.170. The molecule has 1 aliphatic heterocycles. The fraction of sp³-hybridized carbons (Fsp3) is 0.364. The number of likely N-dealkylation sites (tertiary alicyclic amines) is 1. The number of nitrogens with zero attached hydrogens (tertiary/aromatic N) is 2. The number of rotatable bonds is 6. The molecule has 29 heavy (non-hydrogen) atoms. The van der Waals surface area contributed by atoms with Gasteiger partial charge in [0.2, 0.25) is 0 Å². The molecule has 1 saturated heterocycles. The third-order valence-electron chi connectivity index (χ3n) is 4.87. The summed E-state index contributed by atoms with van der Waals surface area (Å²) in [5.74, 6) is 1.27. The number of hydrogen-bond donors (Lipinski definition) is 2. The van der Waals surface area contributed by atoms with Crippen LogP contribution in [0.5, 0.6) is 0 Å². The molecular formula is C22H28ClIN4O. The molecule has 1 aliphatic rings. The second-order valence-electron chi connectivity index (χ2n) is 6.81. The van der Waals surface area contributed by atoms with Gasteiger partial charge in [0.05, 0.1) is 17.1 Å². The summed E-state index contributed by atoms with van der Waals surface area (Å²) in [5, 5.41) is 6.71. The molecule has 2 aromatic carbocycles. The molecule has 0 bridgehead atoms. The molecule has 1 amide bonds. The third kappa shape index (κ3) is 6.60. The van der Waals surface area contributed by atoms with E-state index in [1.165, 1.54) is 5.56 Å². The maximum atomic E-state index is 12.2. The highest BCUT2D eigenvalue weighted by Gasteiger charge is 2.25. The van der Waals surface area contributed by atoms with Crippen molar-refractivity contribution in [1.29, 1.82) is 0 Å². The van der Waals surface area contributed by atoms with E-state index in [-0.39, 0.29) is 29.9 Å². The van der Waals surface area contributed by atoms with Gasteiger partial charge in [0.15, 0.2) is 5.96 Å². The normalized spacial score (nSPS) is 16.3. The monoisotopic (exact) mass is 526 g/mol. The Morgan fingerprint density at radius 1 is 1.14 bits per heavy atom. The zero-order valence-corrected chi connectivity index (χ0v) is 19.7. The summed E-state index contributed by atoms with van der Waals surface area (Å²) in [5.41, 5.74) is 1.87. The van der Waals surface area contributed by atoms with Crippen LogP contribution in [0.2, 0.25) is 5.02 Å². The fourth-order valence-corrected chi connectivity index (χ4v) is 3.67. The van der Waals surface area contributed by atoms with Gasteiger partial charge >= 0.3 is 0 Å². The lowest BCUT2D eigenvalue weighted by Gasteiger charge is -2.22. The largest absolute Gasteiger partial charge is 0.357 e. The summed E-state index contributed by atoms with van der Waals surface area (Å²) in [6, 6.07) is 17.7. The SMILES string of the molecule is CCNC(=NCCNC(=O)c1ccccc1Cl)N1CCC(c2ccccc2)C1.I. The molecule has 1 fully saturated rings. The van der Waals surface area contributed by atoms with E-state index in [0.717, 1.165) is 32.0 Å². The lowest BCUT2D eigenvalue weighted by molar-refractivity contribution is 0.0955. The van der Waals surface area contributed by atoms with Crippen LogP contribution in [0.3, 0.4) is 0 Å². The van der Waals surface area contributed by atoms with E-state index in [1.54, 1.807) is 18.2 Å². The van der Waals surface area contributed by atoms with Crippen molar-refractivity contribution in [2.45, 2.75) is 19.3 Å². The molecule has 5 nitrogen and oxygen atoms in total.